The normalized spacial score (nSPS) is 10.5. The van der Waals surface area contributed by atoms with Crippen molar-refractivity contribution in [2.24, 2.45) is 0 Å². The number of hydrogen-bond acceptors (Lipinski definition) is 5. The fourth-order valence-corrected chi connectivity index (χ4v) is 2.32. The standard InChI is InChI=1S/C18H19N3O2/c1-13-3-8-17-16(11-13)18(21-12-20-17)19-9-10-23-15-6-4-14(22-2)5-7-15/h3-8,11-12H,9-10H2,1-2H3,(H,19,20,21). The van der Waals surface area contributed by atoms with Crippen molar-refractivity contribution in [3.05, 3.63) is 54.4 Å². The number of benzene rings is 2. The summed E-state index contributed by atoms with van der Waals surface area (Å²) >= 11 is 0. The van der Waals surface area contributed by atoms with Crippen LogP contribution in [0.1, 0.15) is 5.56 Å². The number of anilines is 1. The highest BCUT2D eigenvalue weighted by atomic mass is 16.5. The van der Waals surface area contributed by atoms with E-state index in [0.29, 0.717) is 13.2 Å². The summed E-state index contributed by atoms with van der Waals surface area (Å²) in [6.45, 7) is 3.26. The molecule has 3 aromatic rings. The molecular formula is C18H19N3O2. The van der Waals surface area contributed by atoms with E-state index in [2.05, 4.69) is 28.3 Å². The van der Waals surface area contributed by atoms with Crippen LogP contribution in [0.2, 0.25) is 0 Å². The van der Waals surface area contributed by atoms with Gasteiger partial charge in [-0.3, -0.25) is 0 Å². The highest BCUT2D eigenvalue weighted by Crippen LogP contribution is 2.20. The van der Waals surface area contributed by atoms with E-state index < -0.39 is 0 Å². The van der Waals surface area contributed by atoms with E-state index in [1.807, 2.05) is 36.4 Å². The van der Waals surface area contributed by atoms with E-state index in [0.717, 1.165) is 28.2 Å². The summed E-state index contributed by atoms with van der Waals surface area (Å²) in [5.74, 6) is 2.46. The summed E-state index contributed by atoms with van der Waals surface area (Å²) in [4.78, 5) is 8.60. The third-order valence-corrected chi connectivity index (χ3v) is 3.51. The van der Waals surface area contributed by atoms with E-state index in [1.165, 1.54) is 5.56 Å². The number of nitrogens with zero attached hydrogens (tertiary/aromatic N) is 2. The molecule has 0 spiro atoms. The Hall–Kier alpha value is -2.82. The van der Waals surface area contributed by atoms with Crippen LogP contribution in [0.5, 0.6) is 11.5 Å². The van der Waals surface area contributed by atoms with E-state index in [9.17, 15) is 0 Å². The lowest BCUT2D eigenvalue weighted by Gasteiger charge is -2.10. The minimum absolute atomic E-state index is 0.545. The van der Waals surface area contributed by atoms with Crippen molar-refractivity contribution in [2.75, 3.05) is 25.6 Å². The van der Waals surface area contributed by atoms with E-state index in [-0.39, 0.29) is 0 Å². The number of methoxy groups -OCH3 is 1. The van der Waals surface area contributed by atoms with Gasteiger partial charge in [-0.1, -0.05) is 11.6 Å². The van der Waals surface area contributed by atoms with Crippen LogP contribution in [0.4, 0.5) is 5.82 Å². The fourth-order valence-electron chi connectivity index (χ4n) is 2.32. The molecule has 3 rings (SSSR count). The molecule has 0 saturated carbocycles. The summed E-state index contributed by atoms with van der Waals surface area (Å²) in [6, 6.07) is 13.7. The lowest BCUT2D eigenvalue weighted by Crippen LogP contribution is -2.12. The second-order valence-electron chi connectivity index (χ2n) is 5.19. The van der Waals surface area contributed by atoms with Gasteiger partial charge in [-0.15, -0.1) is 0 Å². The molecule has 1 heterocycles. The smallest absolute Gasteiger partial charge is 0.137 e. The second-order valence-corrected chi connectivity index (χ2v) is 5.19. The third-order valence-electron chi connectivity index (χ3n) is 3.51. The van der Waals surface area contributed by atoms with Gasteiger partial charge in [-0.25, -0.2) is 9.97 Å². The molecule has 0 amide bonds. The molecule has 0 unspecified atom stereocenters. The molecular weight excluding hydrogens is 290 g/mol. The van der Waals surface area contributed by atoms with Gasteiger partial charge in [0.25, 0.3) is 0 Å². The fraction of sp³-hybridized carbons (Fsp3) is 0.222. The van der Waals surface area contributed by atoms with Gasteiger partial charge in [0.2, 0.25) is 0 Å². The molecule has 0 aliphatic rings. The van der Waals surface area contributed by atoms with Crippen LogP contribution in [0.25, 0.3) is 10.9 Å². The number of hydrogen-bond donors (Lipinski definition) is 1. The lowest BCUT2D eigenvalue weighted by molar-refractivity contribution is 0.331. The summed E-state index contributed by atoms with van der Waals surface area (Å²) in [7, 11) is 1.65. The monoisotopic (exact) mass is 309 g/mol. The molecule has 2 aromatic carbocycles. The molecule has 0 aliphatic carbocycles. The van der Waals surface area contributed by atoms with Crippen molar-refractivity contribution in [3.8, 4) is 11.5 Å². The predicted molar refractivity (Wildman–Crippen MR) is 91.3 cm³/mol. The van der Waals surface area contributed by atoms with Crippen molar-refractivity contribution < 1.29 is 9.47 Å². The first-order valence-corrected chi connectivity index (χ1v) is 7.48. The van der Waals surface area contributed by atoms with Crippen molar-refractivity contribution in [3.63, 3.8) is 0 Å². The Morgan fingerprint density at radius 3 is 2.57 bits per heavy atom. The van der Waals surface area contributed by atoms with Gasteiger partial charge in [0, 0.05) is 5.39 Å². The first-order valence-electron chi connectivity index (χ1n) is 7.48. The molecule has 118 valence electrons. The molecule has 0 radical (unpaired) electrons. The first kappa shape index (κ1) is 15.1. The van der Waals surface area contributed by atoms with E-state index in [1.54, 1.807) is 13.4 Å². The Labute approximate surface area is 135 Å². The number of aryl methyl sites for hydroxylation is 1. The van der Waals surface area contributed by atoms with Gasteiger partial charge in [-0.2, -0.15) is 0 Å². The molecule has 5 nitrogen and oxygen atoms in total. The molecule has 5 heteroatoms. The molecule has 23 heavy (non-hydrogen) atoms. The Morgan fingerprint density at radius 1 is 1.00 bits per heavy atom. The zero-order valence-corrected chi connectivity index (χ0v) is 13.2. The van der Waals surface area contributed by atoms with Crippen LogP contribution in [-0.4, -0.2) is 30.2 Å². The summed E-state index contributed by atoms with van der Waals surface area (Å²) in [6.07, 6.45) is 1.57. The average Bonchev–Trinajstić information content (AvgIpc) is 2.59. The maximum Gasteiger partial charge on any atom is 0.137 e. The Kier molecular flexibility index (Phi) is 4.57. The molecule has 1 aromatic heterocycles. The lowest BCUT2D eigenvalue weighted by atomic mass is 10.1. The van der Waals surface area contributed by atoms with E-state index >= 15 is 0 Å². The topological polar surface area (TPSA) is 56.3 Å². The van der Waals surface area contributed by atoms with Crippen molar-refractivity contribution in [1.82, 2.24) is 9.97 Å². The van der Waals surface area contributed by atoms with Gasteiger partial charge in [0.15, 0.2) is 0 Å². The maximum absolute atomic E-state index is 5.70. The molecule has 0 bridgehead atoms. The van der Waals surface area contributed by atoms with Gasteiger partial charge in [-0.05, 0) is 43.3 Å². The predicted octanol–water partition coefficient (Wildman–Crippen LogP) is 3.44. The molecule has 0 saturated heterocycles. The quantitative estimate of drug-likeness (QED) is 0.707. The highest BCUT2D eigenvalue weighted by molar-refractivity contribution is 5.89. The molecule has 0 fully saturated rings. The first-order chi connectivity index (χ1) is 11.3. The van der Waals surface area contributed by atoms with Crippen molar-refractivity contribution in [1.29, 1.82) is 0 Å². The second kappa shape index (κ2) is 6.96. The molecule has 1 N–H and O–H groups in total. The van der Waals surface area contributed by atoms with Crippen LogP contribution in [0.15, 0.2) is 48.8 Å². The number of rotatable bonds is 6. The maximum atomic E-state index is 5.70. The number of fused-ring (bicyclic) bond motifs is 1. The Bertz CT molecular complexity index is 788. The van der Waals surface area contributed by atoms with E-state index in [4.69, 9.17) is 9.47 Å². The van der Waals surface area contributed by atoms with Gasteiger partial charge < -0.3 is 14.8 Å². The highest BCUT2D eigenvalue weighted by Gasteiger charge is 2.03. The third kappa shape index (κ3) is 3.69. The van der Waals surface area contributed by atoms with Crippen molar-refractivity contribution in [2.45, 2.75) is 6.92 Å². The summed E-state index contributed by atoms with van der Waals surface area (Å²) in [5.41, 5.74) is 2.12. The van der Waals surface area contributed by atoms with Gasteiger partial charge in [0.05, 0.1) is 19.2 Å². The summed E-state index contributed by atoms with van der Waals surface area (Å²) in [5, 5.41) is 4.33. The zero-order valence-electron chi connectivity index (χ0n) is 13.2. The number of ether oxygens (including phenoxy) is 2. The SMILES string of the molecule is COc1ccc(OCCNc2ncnc3ccc(C)cc23)cc1. The van der Waals surface area contributed by atoms with Crippen LogP contribution in [0, 0.1) is 6.92 Å². The van der Waals surface area contributed by atoms with Gasteiger partial charge in [0.1, 0.15) is 30.3 Å². The van der Waals surface area contributed by atoms with Crippen LogP contribution in [0.3, 0.4) is 0 Å². The Balaban J connectivity index is 1.59. The van der Waals surface area contributed by atoms with Gasteiger partial charge >= 0.3 is 0 Å². The van der Waals surface area contributed by atoms with Crippen LogP contribution in [-0.2, 0) is 0 Å². The minimum atomic E-state index is 0.545. The van der Waals surface area contributed by atoms with Crippen molar-refractivity contribution >= 4 is 16.7 Å². The Morgan fingerprint density at radius 2 is 1.78 bits per heavy atom. The summed E-state index contributed by atoms with van der Waals surface area (Å²) < 4.78 is 10.8. The minimum Gasteiger partial charge on any atom is -0.497 e. The molecule has 0 atom stereocenters. The largest absolute Gasteiger partial charge is 0.497 e. The molecule has 0 aliphatic heterocycles. The average molecular weight is 309 g/mol. The van der Waals surface area contributed by atoms with Crippen LogP contribution >= 0.6 is 0 Å². The number of aromatic nitrogens is 2. The zero-order chi connectivity index (χ0) is 16.1. The number of nitrogens with one attached hydrogen (secondary N) is 1. The van der Waals surface area contributed by atoms with Crippen LogP contribution < -0.4 is 14.8 Å².